The van der Waals surface area contributed by atoms with Gasteiger partial charge in [0.05, 0.1) is 11.4 Å². The van der Waals surface area contributed by atoms with Gasteiger partial charge >= 0.3 is 0 Å². The molecule has 7 heteroatoms. The van der Waals surface area contributed by atoms with Gasteiger partial charge in [-0.3, -0.25) is 4.68 Å². The number of nitrogens with zero attached hydrogens (tertiary/aromatic N) is 3. The van der Waals surface area contributed by atoms with Crippen molar-refractivity contribution in [3.05, 3.63) is 11.9 Å². The van der Waals surface area contributed by atoms with Crippen LogP contribution in [0.4, 0.5) is 0 Å². The molecule has 0 saturated carbocycles. The zero-order valence-corrected chi connectivity index (χ0v) is 10.5. The van der Waals surface area contributed by atoms with Crippen molar-refractivity contribution in [2.75, 3.05) is 18.6 Å². The molecule has 1 aromatic rings. The molecule has 1 rings (SSSR count). The summed E-state index contributed by atoms with van der Waals surface area (Å²) in [7, 11) is -2.88. The van der Waals surface area contributed by atoms with Crippen molar-refractivity contribution in [2.24, 2.45) is 0 Å². The van der Waals surface area contributed by atoms with Crippen molar-refractivity contribution in [3.8, 4) is 0 Å². The highest BCUT2D eigenvalue weighted by Gasteiger charge is 2.03. The second-order valence-electron chi connectivity index (χ2n) is 3.74. The van der Waals surface area contributed by atoms with E-state index in [0.717, 1.165) is 12.2 Å². The fourth-order valence-corrected chi connectivity index (χ4v) is 1.92. The Morgan fingerprint density at radius 3 is 2.88 bits per heavy atom. The highest BCUT2D eigenvalue weighted by Crippen LogP contribution is 1.96. The molecule has 0 bridgehead atoms. The van der Waals surface area contributed by atoms with Gasteiger partial charge in [0.2, 0.25) is 0 Å². The molecular weight excluding hydrogens is 228 g/mol. The molecule has 0 aliphatic carbocycles. The monoisotopic (exact) mass is 246 g/mol. The van der Waals surface area contributed by atoms with E-state index in [1.54, 1.807) is 4.68 Å². The third-order valence-corrected chi connectivity index (χ3v) is 3.07. The Morgan fingerprint density at radius 2 is 2.25 bits per heavy atom. The Morgan fingerprint density at radius 1 is 1.50 bits per heavy atom. The van der Waals surface area contributed by atoms with Crippen LogP contribution in [-0.2, 0) is 22.9 Å². The summed E-state index contributed by atoms with van der Waals surface area (Å²) in [5.74, 6) is 0.190. The molecule has 0 aliphatic rings. The van der Waals surface area contributed by atoms with Crippen molar-refractivity contribution < 1.29 is 8.42 Å². The van der Waals surface area contributed by atoms with E-state index in [-0.39, 0.29) is 5.75 Å². The molecule has 1 N–H and O–H groups in total. The van der Waals surface area contributed by atoms with E-state index >= 15 is 0 Å². The summed E-state index contributed by atoms with van der Waals surface area (Å²) in [6, 6.07) is 0. The third kappa shape index (κ3) is 5.22. The Hall–Kier alpha value is -0.950. The highest BCUT2D eigenvalue weighted by molar-refractivity contribution is 7.90. The van der Waals surface area contributed by atoms with Gasteiger partial charge in [-0.25, -0.2) is 8.42 Å². The second-order valence-corrected chi connectivity index (χ2v) is 6.00. The number of aromatic nitrogens is 3. The van der Waals surface area contributed by atoms with Gasteiger partial charge in [0.15, 0.2) is 0 Å². The first-order valence-electron chi connectivity index (χ1n) is 5.28. The maximum atomic E-state index is 10.9. The Labute approximate surface area is 96.0 Å². The maximum absolute atomic E-state index is 10.9. The van der Waals surface area contributed by atoms with Crippen LogP contribution in [0.15, 0.2) is 6.20 Å². The standard InChI is InChI=1S/C9H18N4O2S/c1-3-10-7-9-8-13(12-11-9)5-4-6-16(2,14)15/h8,10H,3-7H2,1-2H3. The van der Waals surface area contributed by atoms with Crippen LogP contribution in [0.25, 0.3) is 0 Å². The number of rotatable bonds is 7. The fraction of sp³-hybridized carbons (Fsp3) is 0.778. The minimum Gasteiger partial charge on any atom is -0.311 e. The van der Waals surface area contributed by atoms with Gasteiger partial charge in [-0.2, -0.15) is 0 Å². The van der Waals surface area contributed by atoms with Crippen molar-refractivity contribution in [1.29, 1.82) is 0 Å². The Bertz CT molecular complexity index is 413. The summed E-state index contributed by atoms with van der Waals surface area (Å²) in [6.45, 7) is 4.20. The van der Waals surface area contributed by atoms with Crippen LogP contribution in [0.5, 0.6) is 0 Å². The van der Waals surface area contributed by atoms with Crippen LogP contribution in [0.3, 0.4) is 0 Å². The predicted molar refractivity (Wildman–Crippen MR) is 61.7 cm³/mol. The number of sulfone groups is 1. The van der Waals surface area contributed by atoms with Crippen LogP contribution in [0, 0.1) is 0 Å². The SMILES string of the molecule is CCNCc1cn(CCCS(C)(=O)=O)nn1. The molecule has 0 fully saturated rings. The van der Waals surface area contributed by atoms with Crippen molar-refractivity contribution in [1.82, 2.24) is 20.3 Å². The number of aryl methyl sites for hydroxylation is 1. The molecule has 92 valence electrons. The van der Waals surface area contributed by atoms with E-state index in [1.807, 2.05) is 13.1 Å². The zero-order valence-electron chi connectivity index (χ0n) is 9.68. The van der Waals surface area contributed by atoms with Crippen LogP contribution in [0.2, 0.25) is 0 Å². The smallest absolute Gasteiger partial charge is 0.147 e. The molecule has 0 radical (unpaired) electrons. The van der Waals surface area contributed by atoms with Gasteiger partial charge in [-0.05, 0) is 13.0 Å². The topological polar surface area (TPSA) is 76.9 Å². The first-order chi connectivity index (χ1) is 7.51. The summed E-state index contributed by atoms with van der Waals surface area (Å²) in [6.07, 6.45) is 3.65. The maximum Gasteiger partial charge on any atom is 0.147 e. The lowest BCUT2D eigenvalue weighted by atomic mass is 10.4. The molecule has 1 aromatic heterocycles. The lowest BCUT2D eigenvalue weighted by molar-refractivity contribution is 0.564. The molecule has 0 atom stereocenters. The summed E-state index contributed by atoms with van der Waals surface area (Å²) in [5.41, 5.74) is 0.876. The Balaban J connectivity index is 2.35. The van der Waals surface area contributed by atoms with Crippen molar-refractivity contribution in [3.63, 3.8) is 0 Å². The minimum absolute atomic E-state index is 0.190. The third-order valence-electron chi connectivity index (χ3n) is 2.04. The zero-order chi connectivity index (χ0) is 12.0. The summed E-state index contributed by atoms with van der Waals surface area (Å²) in [5, 5.41) is 11.0. The fourth-order valence-electron chi connectivity index (χ4n) is 1.27. The van der Waals surface area contributed by atoms with Crippen LogP contribution in [0.1, 0.15) is 19.0 Å². The molecule has 16 heavy (non-hydrogen) atoms. The molecule has 0 aliphatic heterocycles. The van der Waals surface area contributed by atoms with Crippen LogP contribution >= 0.6 is 0 Å². The second kappa shape index (κ2) is 5.95. The Kier molecular flexibility index (Phi) is 4.88. The van der Waals surface area contributed by atoms with E-state index in [9.17, 15) is 8.42 Å². The van der Waals surface area contributed by atoms with Gasteiger partial charge in [0.25, 0.3) is 0 Å². The highest BCUT2D eigenvalue weighted by atomic mass is 32.2. The molecule has 0 spiro atoms. The van der Waals surface area contributed by atoms with Gasteiger partial charge in [-0.1, -0.05) is 12.1 Å². The lowest BCUT2D eigenvalue weighted by Gasteiger charge is -1.98. The minimum atomic E-state index is -2.88. The van der Waals surface area contributed by atoms with Crippen molar-refractivity contribution >= 4 is 9.84 Å². The first-order valence-corrected chi connectivity index (χ1v) is 7.35. The van der Waals surface area contributed by atoms with Gasteiger partial charge in [-0.15, -0.1) is 5.10 Å². The van der Waals surface area contributed by atoms with E-state index in [0.29, 0.717) is 19.5 Å². The molecule has 1 heterocycles. The lowest BCUT2D eigenvalue weighted by Crippen LogP contribution is -2.11. The van der Waals surface area contributed by atoms with Crippen LogP contribution < -0.4 is 5.32 Å². The van der Waals surface area contributed by atoms with Gasteiger partial charge in [0.1, 0.15) is 9.84 Å². The summed E-state index contributed by atoms with van der Waals surface area (Å²) < 4.78 is 23.5. The molecule has 0 aromatic carbocycles. The number of nitrogens with one attached hydrogen (secondary N) is 1. The van der Waals surface area contributed by atoms with E-state index in [4.69, 9.17) is 0 Å². The molecule has 0 saturated heterocycles. The molecule has 6 nitrogen and oxygen atoms in total. The van der Waals surface area contributed by atoms with E-state index in [2.05, 4.69) is 15.6 Å². The molecule has 0 unspecified atom stereocenters. The van der Waals surface area contributed by atoms with Crippen LogP contribution in [-0.4, -0.2) is 42.0 Å². The van der Waals surface area contributed by atoms with E-state index < -0.39 is 9.84 Å². The van der Waals surface area contributed by atoms with E-state index in [1.165, 1.54) is 6.26 Å². The number of hydrogen-bond donors (Lipinski definition) is 1. The predicted octanol–water partition coefficient (Wildman–Crippen LogP) is -0.178. The number of hydrogen-bond acceptors (Lipinski definition) is 5. The van der Waals surface area contributed by atoms with Gasteiger partial charge < -0.3 is 5.32 Å². The summed E-state index contributed by atoms with van der Waals surface area (Å²) in [4.78, 5) is 0. The largest absolute Gasteiger partial charge is 0.311 e. The normalized spacial score (nSPS) is 11.9. The quantitative estimate of drug-likeness (QED) is 0.722. The first kappa shape index (κ1) is 13.1. The van der Waals surface area contributed by atoms with Crippen molar-refractivity contribution in [2.45, 2.75) is 26.4 Å². The molecule has 0 amide bonds. The summed E-state index contributed by atoms with van der Waals surface area (Å²) >= 11 is 0. The van der Waals surface area contributed by atoms with Gasteiger partial charge in [0, 0.05) is 25.5 Å². The average molecular weight is 246 g/mol. The molecular formula is C9H18N4O2S. The average Bonchev–Trinajstić information content (AvgIpc) is 2.61.